The van der Waals surface area contributed by atoms with Crippen molar-refractivity contribution in [2.75, 3.05) is 0 Å². The molecule has 84 valence electrons. The first-order valence-electron chi connectivity index (χ1n) is 5.74. The van der Waals surface area contributed by atoms with Crippen LogP contribution in [0.25, 0.3) is 0 Å². The van der Waals surface area contributed by atoms with Crippen LogP contribution in [0.1, 0.15) is 17.0 Å². The molecule has 0 spiro atoms. The predicted molar refractivity (Wildman–Crippen MR) is 74.1 cm³/mol. The van der Waals surface area contributed by atoms with E-state index in [9.17, 15) is 0 Å². The lowest BCUT2D eigenvalue weighted by molar-refractivity contribution is 0.983. The lowest BCUT2D eigenvalue weighted by Crippen LogP contribution is -2.02. The Kier molecular flexibility index (Phi) is 3.56. The lowest BCUT2D eigenvalue weighted by atomic mass is 9.86. The van der Waals surface area contributed by atoms with Crippen molar-refractivity contribution in [2.24, 2.45) is 0 Å². The zero-order chi connectivity index (χ0) is 12.1. The van der Waals surface area contributed by atoms with Crippen molar-refractivity contribution in [1.82, 2.24) is 0 Å². The summed E-state index contributed by atoms with van der Waals surface area (Å²) in [5, 5.41) is 0. The first-order valence-corrected chi connectivity index (χ1v) is 5.74. The van der Waals surface area contributed by atoms with Gasteiger partial charge in [-0.3, -0.25) is 0 Å². The summed E-state index contributed by atoms with van der Waals surface area (Å²) in [5.41, 5.74) is 3.54. The monoisotopic (exact) mass is 220 g/mol. The molecule has 2 aromatic carbocycles. The molecule has 0 N–H and O–H groups in total. The molecule has 0 aliphatic heterocycles. The van der Waals surface area contributed by atoms with Gasteiger partial charge in [0.05, 0.1) is 0 Å². The molecule has 0 saturated carbocycles. The van der Waals surface area contributed by atoms with E-state index >= 15 is 0 Å². The van der Waals surface area contributed by atoms with Crippen LogP contribution in [0.3, 0.4) is 0 Å². The minimum Gasteiger partial charge on any atom is -0.0988 e. The van der Waals surface area contributed by atoms with E-state index in [1.165, 1.54) is 11.1 Å². The molecule has 0 unspecified atom stereocenters. The predicted octanol–water partition coefficient (Wildman–Crippen LogP) is 4.56. The van der Waals surface area contributed by atoms with Crippen molar-refractivity contribution in [3.8, 4) is 0 Å². The van der Waals surface area contributed by atoms with Gasteiger partial charge in [-0.1, -0.05) is 79.9 Å². The summed E-state index contributed by atoms with van der Waals surface area (Å²) in [6.07, 6.45) is 1.84. The zero-order valence-corrected chi connectivity index (χ0v) is 9.84. The van der Waals surface area contributed by atoms with Gasteiger partial charge in [0.1, 0.15) is 0 Å². The van der Waals surface area contributed by atoms with Crippen LogP contribution in [-0.2, 0) is 0 Å². The molecule has 0 aromatic heterocycles. The average Bonchev–Trinajstić information content (AvgIpc) is 2.41. The smallest absolute Gasteiger partial charge is 0.0333 e. The number of benzene rings is 2. The topological polar surface area (TPSA) is 0 Å². The number of allylic oxidation sites excluding steroid dienone is 2. The first-order chi connectivity index (χ1) is 8.33. The van der Waals surface area contributed by atoms with Gasteiger partial charge in [-0.2, -0.15) is 0 Å². The molecule has 17 heavy (non-hydrogen) atoms. The molecule has 0 heterocycles. The maximum Gasteiger partial charge on any atom is 0.0333 e. The van der Waals surface area contributed by atoms with Gasteiger partial charge >= 0.3 is 0 Å². The molecule has 0 bridgehead atoms. The van der Waals surface area contributed by atoms with Crippen LogP contribution in [0.5, 0.6) is 0 Å². The molecule has 0 nitrogen and oxygen atoms in total. The largest absolute Gasteiger partial charge is 0.0988 e. The van der Waals surface area contributed by atoms with E-state index < -0.39 is 0 Å². The van der Waals surface area contributed by atoms with Crippen molar-refractivity contribution in [1.29, 1.82) is 0 Å². The maximum atomic E-state index is 4.11. The fraction of sp³-hybridized carbons (Fsp3) is 0.0588. The normalized spacial score (nSPS) is 10.2. The molecular weight excluding hydrogens is 204 g/mol. The molecule has 0 heteroatoms. The summed E-state index contributed by atoms with van der Waals surface area (Å²) in [6, 6.07) is 20.8. The fourth-order valence-corrected chi connectivity index (χ4v) is 2.03. The van der Waals surface area contributed by atoms with E-state index in [-0.39, 0.29) is 5.92 Å². The second-order valence-corrected chi connectivity index (χ2v) is 4.03. The van der Waals surface area contributed by atoms with E-state index in [1.54, 1.807) is 0 Å². The summed E-state index contributed by atoms with van der Waals surface area (Å²) in [4.78, 5) is 0. The Balaban J connectivity index is 2.47. The van der Waals surface area contributed by atoms with E-state index in [0.29, 0.717) is 0 Å². The Morgan fingerprint density at radius 1 is 0.824 bits per heavy atom. The average molecular weight is 220 g/mol. The van der Waals surface area contributed by atoms with Gasteiger partial charge in [-0.15, -0.1) is 0 Å². The Morgan fingerprint density at radius 2 is 1.24 bits per heavy atom. The van der Waals surface area contributed by atoms with Gasteiger partial charge in [0.25, 0.3) is 0 Å². The number of hydrogen-bond donors (Lipinski definition) is 0. The van der Waals surface area contributed by atoms with Gasteiger partial charge in [0.15, 0.2) is 0 Å². The third kappa shape index (κ3) is 2.54. The van der Waals surface area contributed by atoms with Crippen molar-refractivity contribution in [2.45, 2.75) is 5.92 Å². The van der Waals surface area contributed by atoms with Crippen LogP contribution in [0.2, 0.25) is 0 Å². The quantitative estimate of drug-likeness (QED) is 0.662. The van der Waals surface area contributed by atoms with Crippen LogP contribution in [0.15, 0.2) is 85.5 Å². The molecule has 2 aromatic rings. The van der Waals surface area contributed by atoms with Gasteiger partial charge in [0, 0.05) is 5.92 Å². The lowest BCUT2D eigenvalue weighted by Gasteiger charge is -2.18. The molecule has 0 aliphatic rings. The van der Waals surface area contributed by atoms with Crippen molar-refractivity contribution < 1.29 is 0 Å². The third-order valence-corrected chi connectivity index (χ3v) is 2.90. The van der Waals surface area contributed by atoms with E-state index in [1.807, 2.05) is 18.2 Å². The van der Waals surface area contributed by atoms with Crippen LogP contribution in [0.4, 0.5) is 0 Å². The standard InChI is InChI=1S/C17H16/c1-3-14(2)17(15-10-6-4-7-11-15)16-12-8-5-9-13-16/h3-13,17H,1-2H2. The SMILES string of the molecule is C=CC(=C)C(c1ccccc1)c1ccccc1. The third-order valence-electron chi connectivity index (χ3n) is 2.90. The summed E-state index contributed by atoms with van der Waals surface area (Å²) in [5.74, 6) is 0.204. The summed E-state index contributed by atoms with van der Waals surface area (Å²) in [6.45, 7) is 7.94. The second kappa shape index (κ2) is 5.31. The molecular formula is C17H16. The number of hydrogen-bond acceptors (Lipinski definition) is 0. The highest BCUT2D eigenvalue weighted by Crippen LogP contribution is 2.30. The molecule has 0 fully saturated rings. The van der Waals surface area contributed by atoms with Crippen LogP contribution < -0.4 is 0 Å². The van der Waals surface area contributed by atoms with Crippen LogP contribution >= 0.6 is 0 Å². The maximum absolute atomic E-state index is 4.11. The van der Waals surface area contributed by atoms with E-state index in [4.69, 9.17) is 0 Å². The van der Waals surface area contributed by atoms with Gasteiger partial charge in [-0.05, 0) is 16.7 Å². The first kappa shape index (κ1) is 11.4. The van der Waals surface area contributed by atoms with Gasteiger partial charge < -0.3 is 0 Å². The van der Waals surface area contributed by atoms with Gasteiger partial charge in [0.2, 0.25) is 0 Å². The highest BCUT2D eigenvalue weighted by atomic mass is 14.2. The summed E-state index contributed by atoms with van der Waals surface area (Å²) < 4.78 is 0. The minimum absolute atomic E-state index is 0.204. The second-order valence-electron chi connectivity index (χ2n) is 4.03. The Bertz CT molecular complexity index is 455. The summed E-state index contributed by atoms with van der Waals surface area (Å²) >= 11 is 0. The Morgan fingerprint density at radius 3 is 1.59 bits per heavy atom. The molecule has 2 rings (SSSR count). The Hall–Kier alpha value is -2.08. The highest BCUT2D eigenvalue weighted by Gasteiger charge is 2.14. The van der Waals surface area contributed by atoms with Crippen molar-refractivity contribution >= 4 is 0 Å². The van der Waals surface area contributed by atoms with Gasteiger partial charge in [-0.25, -0.2) is 0 Å². The van der Waals surface area contributed by atoms with Crippen molar-refractivity contribution in [3.05, 3.63) is 96.6 Å². The van der Waals surface area contributed by atoms with Crippen LogP contribution in [0, 0.1) is 0 Å². The van der Waals surface area contributed by atoms with E-state index in [2.05, 4.69) is 61.7 Å². The van der Waals surface area contributed by atoms with E-state index in [0.717, 1.165) is 5.57 Å². The molecule has 0 aliphatic carbocycles. The van der Waals surface area contributed by atoms with Crippen molar-refractivity contribution in [3.63, 3.8) is 0 Å². The molecule has 0 atom stereocenters. The zero-order valence-electron chi connectivity index (χ0n) is 9.84. The Labute approximate surface area is 103 Å². The number of rotatable bonds is 4. The minimum atomic E-state index is 0.204. The highest BCUT2D eigenvalue weighted by molar-refractivity contribution is 5.43. The molecule has 0 radical (unpaired) electrons. The van der Waals surface area contributed by atoms with Crippen LogP contribution in [-0.4, -0.2) is 0 Å². The fourth-order valence-electron chi connectivity index (χ4n) is 2.03. The molecule has 0 saturated heterocycles. The summed E-state index contributed by atoms with van der Waals surface area (Å²) in [7, 11) is 0. The molecule has 0 amide bonds.